The van der Waals surface area contributed by atoms with Crippen LogP contribution in [0, 0.1) is 5.82 Å². The van der Waals surface area contributed by atoms with Gasteiger partial charge in [0.2, 0.25) is 0 Å². The zero-order valence-electron chi connectivity index (χ0n) is 13.4. The minimum atomic E-state index is -0.207. The molecule has 3 heteroatoms. The third-order valence-electron chi connectivity index (χ3n) is 4.04. The Morgan fingerprint density at radius 2 is 1.67 bits per heavy atom. The Morgan fingerprint density at radius 1 is 1.05 bits per heavy atom. The molecule has 1 aromatic carbocycles. The van der Waals surface area contributed by atoms with Crippen molar-refractivity contribution in [2.24, 2.45) is 0 Å². The maximum absolute atomic E-state index is 13.9. The molecule has 1 atom stereocenters. The van der Waals surface area contributed by atoms with Crippen LogP contribution in [-0.4, -0.2) is 7.05 Å². The van der Waals surface area contributed by atoms with Crippen LogP contribution in [0.1, 0.15) is 76.3 Å². The molecule has 0 heterocycles. The maximum Gasteiger partial charge on any atom is 0.129 e. The third-order valence-corrected chi connectivity index (χ3v) is 4.37. The Hall–Kier alpha value is -0.600. The highest BCUT2D eigenvalue weighted by atomic mass is 35.5. The van der Waals surface area contributed by atoms with Gasteiger partial charge in [0.05, 0.1) is 0 Å². The molecule has 0 saturated heterocycles. The number of hydrogen-bond acceptors (Lipinski definition) is 1. The molecule has 0 bridgehead atoms. The lowest BCUT2D eigenvalue weighted by Crippen LogP contribution is -2.18. The van der Waals surface area contributed by atoms with Crippen molar-refractivity contribution in [1.29, 1.82) is 0 Å². The van der Waals surface area contributed by atoms with E-state index in [1.54, 1.807) is 12.1 Å². The summed E-state index contributed by atoms with van der Waals surface area (Å²) in [6.45, 7) is 2.24. The highest BCUT2D eigenvalue weighted by molar-refractivity contribution is 6.31. The summed E-state index contributed by atoms with van der Waals surface area (Å²) in [6.07, 6.45) is 11.2. The zero-order chi connectivity index (χ0) is 15.5. The van der Waals surface area contributed by atoms with Crippen molar-refractivity contribution in [3.05, 3.63) is 34.6 Å². The summed E-state index contributed by atoms with van der Waals surface area (Å²) < 4.78 is 13.9. The quantitative estimate of drug-likeness (QED) is 0.475. The standard InChI is InChI=1S/C18H29ClFN/c1-3-4-5-6-7-8-9-10-14-17(21-2)18-15(19)12-11-13-16(18)20/h11-13,17,21H,3-10,14H2,1-2H3. The van der Waals surface area contributed by atoms with Gasteiger partial charge in [-0.3, -0.25) is 0 Å². The first-order valence-electron chi connectivity index (χ1n) is 8.31. The number of benzene rings is 1. The van der Waals surface area contributed by atoms with Gasteiger partial charge in [0.25, 0.3) is 0 Å². The molecule has 1 unspecified atom stereocenters. The number of hydrogen-bond donors (Lipinski definition) is 1. The van der Waals surface area contributed by atoms with Crippen LogP contribution in [0.2, 0.25) is 5.02 Å². The molecule has 21 heavy (non-hydrogen) atoms. The van der Waals surface area contributed by atoms with Crippen LogP contribution in [-0.2, 0) is 0 Å². The normalized spacial score (nSPS) is 12.6. The van der Waals surface area contributed by atoms with E-state index in [1.165, 1.54) is 51.0 Å². The van der Waals surface area contributed by atoms with Crippen molar-refractivity contribution in [3.8, 4) is 0 Å². The van der Waals surface area contributed by atoms with Crippen LogP contribution in [0.3, 0.4) is 0 Å². The molecule has 0 amide bonds. The second kappa shape index (κ2) is 11.0. The summed E-state index contributed by atoms with van der Waals surface area (Å²) in [7, 11) is 1.87. The van der Waals surface area contributed by atoms with Crippen LogP contribution in [0.4, 0.5) is 4.39 Å². The first-order valence-corrected chi connectivity index (χ1v) is 8.69. The smallest absolute Gasteiger partial charge is 0.129 e. The van der Waals surface area contributed by atoms with Gasteiger partial charge in [0.1, 0.15) is 5.82 Å². The second-order valence-electron chi connectivity index (χ2n) is 5.74. The summed E-state index contributed by atoms with van der Waals surface area (Å²) >= 11 is 6.13. The topological polar surface area (TPSA) is 12.0 Å². The SMILES string of the molecule is CCCCCCCCCCC(NC)c1c(F)cccc1Cl. The molecule has 0 aliphatic rings. The summed E-state index contributed by atoms with van der Waals surface area (Å²) in [5, 5.41) is 3.72. The van der Waals surface area contributed by atoms with Crippen molar-refractivity contribution < 1.29 is 4.39 Å². The van der Waals surface area contributed by atoms with E-state index >= 15 is 0 Å². The molecular formula is C18H29ClFN. The van der Waals surface area contributed by atoms with Crippen LogP contribution in [0.15, 0.2) is 18.2 Å². The lowest BCUT2D eigenvalue weighted by atomic mass is 9.99. The molecule has 0 fully saturated rings. The third kappa shape index (κ3) is 6.80. The summed E-state index contributed by atoms with van der Waals surface area (Å²) in [4.78, 5) is 0. The van der Waals surface area contributed by atoms with Gasteiger partial charge in [-0.2, -0.15) is 0 Å². The zero-order valence-corrected chi connectivity index (χ0v) is 14.2. The summed E-state index contributed by atoms with van der Waals surface area (Å²) in [6, 6.07) is 4.92. The number of nitrogens with one attached hydrogen (secondary N) is 1. The van der Waals surface area contributed by atoms with Crippen LogP contribution in [0.5, 0.6) is 0 Å². The fraction of sp³-hybridized carbons (Fsp3) is 0.667. The first-order chi connectivity index (χ1) is 10.2. The molecule has 0 spiro atoms. The number of unbranched alkanes of at least 4 members (excludes halogenated alkanes) is 7. The van der Waals surface area contributed by atoms with Crippen LogP contribution in [0.25, 0.3) is 0 Å². The molecule has 1 N–H and O–H groups in total. The number of rotatable bonds is 11. The first kappa shape index (κ1) is 18.4. The Kier molecular flexibility index (Phi) is 9.69. The highest BCUT2D eigenvalue weighted by Gasteiger charge is 2.16. The lowest BCUT2D eigenvalue weighted by molar-refractivity contribution is 0.474. The van der Waals surface area contributed by atoms with E-state index in [2.05, 4.69) is 12.2 Å². The van der Waals surface area contributed by atoms with Gasteiger partial charge >= 0.3 is 0 Å². The van der Waals surface area contributed by atoms with Crippen LogP contribution >= 0.6 is 11.6 Å². The molecule has 0 saturated carbocycles. The molecule has 1 nitrogen and oxygen atoms in total. The number of halogens is 2. The van der Waals surface area contributed by atoms with Crippen molar-refractivity contribution in [2.75, 3.05) is 7.05 Å². The Morgan fingerprint density at radius 3 is 2.24 bits per heavy atom. The van der Waals surface area contributed by atoms with Gasteiger partial charge in [-0.15, -0.1) is 0 Å². The van der Waals surface area contributed by atoms with E-state index in [0.717, 1.165) is 12.8 Å². The van der Waals surface area contributed by atoms with Crippen molar-refractivity contribution in [1.82, 2.24) is 5.32 Å². The predicted molar refractivity (Wildman–Crippen MR) is 90.4 cm³/mol. The molecular weight excluding hydrogens is 285 g/mol. The molecule has 1 rings (SSSR count). The largest absolute Gasteiger partial charge is 0.313 e. The average molecular weight is 314 g/mol. The summed E-state index contributed by atoms with van der Waals surface area (Å²) in [5.41, 5.74) is 0.615. The van der Waals surface area contributed by atoms with Gasteiger partial charge < -0.3 is 5.32 Å². The monoisotopic (exact) mass is 313 g/mol. The Balaban J connectivity index is 2.29. The van der Waals surface area contributed by atoms with E-state index in [-0.39, 0.29) is 11.9 Å². The van der Waals surface area contributed by atoms with Gasteiger partial charge in [-0.1, -0.05) is 76.0 Å². The van der Waals surface area contributed by atoms with Crippen LogP contribution < -0.4 is 5.32 Å². The second-order valence-corrected chi connectivity index (χ2v) is 6.15. The molecule has 0 aliphatic heterocycles. The van der Waals surface area contributed by atoms with Crippen molar-refractivity contribution in [2.45, 2.75) is 70.8 Å². The Bertz CT molecular complexity index is 375. The molecule has 120 valence electrons. The van der Waals surface area contributed by atoms with E-state index in [1.807, 2.05) is 7.05 Å². The van der Waals surface area contributed by atoms with E-state index in [4.69, 9.17) is 11.6 Å². The Labute approximate surface area is 134 Å². The molecule has 0 aliphatic carbocycles. The fourth-order valence-electron chi connectivity index (χ4n) is 2.76. The molecule has 1 aromatic rings. The van der Waals surface area contributed by atoms with Gasteiger partial charge in [0, 0.05) is 16.6 Å². The minimum absolute atomic E-state index is 0.0128. The fourth-order valence-corrected chi connectivity index (χ4v) is 3.05. The average Bonchev–Trinajstić information content (AvgIpc) is 2.47. The predicted octanol–water partition coefficient (Wildman–Crippen LogP) is 6.27. The molecule has 0 aromatic heterocycles. The van der Waals surface area contributed by atoms with E-state index < -0.39 is 0 Å². The van der Waals surface area contributed by atoms with Crippen molar-refractivity contribution >= 4 is 11.6 Å². The molecule has 0 radical (unpaired) electrons. The van der Waals surface area contributed by atoms with Crippen molar-refractivity contribution in [3.63, 3.8) is 0 Å². The minimum Gasteiger partial charge on any atom is -0.313 e. The van der Waals surface area contributed by atoms with E-state index in [9.17, 15) is 4.39 Å². The maximum atomic E-state index is 13.9. The van der Waals surface area contributed by atoms with Gasteiger partial charge in [0.15, 0.2) is 0 Å². The van der Waals surface area contributed by atoms with Gasteiger partial charge in [-0.05, 0) is 25.6 Å². The lowest BCUT2D eigenvalue weighted by Gasteiger charge is -2.18. The van der Waals surface area contributed by atoms with E-state index in [0.29, 0.717) is 10.6 Å². The highest BCUT2D eigenvalue weighted by Crippen LogP contribution is 2.29. The summed E-state index contributed by atoms with van der Waals surface area (Å²) in [5.74, 6) is -0.207. The van der Waals surface area contributed by atoms with Gasteiger partial charge in [-0.25, -0.2) is 4.39 Å².